The van der Waals surface area contributed by atoms with E-state index in [9.17, 15) is 4.79 Å². The highest BCUT2D eigenvalue weighted by molar-refractivity contribution is 9.10. The lowest BCUT2D eigenvalue weighted by molar-refractivity contribution is 0.0893. The summed E-state index contributed by atoms with van der Waals surface area (Å²) < 4.78 is 12.2. The van der Waals surface area contributed by atoms with E-state index in [1.807, 2.05) is 24.3 Å². The van der Waals surface area contributed by atoms with Crippen LogP contribution in [0.15, 0.2) is 45.3 Å². The molecule has 2 unspecified atom stereocenters. The molecule has 1 amide bonds. The van der Waals surface area contributed by atoms with Gasteiger partial charge in [-0.3, -0.25) is 4.79 Å². The molecule has 2 N–H and O–H groups in total. The minimum Gasteiger partial charge on any atom is -0.486 e. The van der Waals surface area contributed by atoms with Crippen molar-refractivity contribution in [3.05, 3.63) is 52.4 Å². The number of halogens is 2. The normalized spacial score (nSPS) is 19.8. The molecule has 0 spiro atoms. The number of carbonyl (C=O) groups excluding carboxylic acids is 1. The molecule has 136 valence electrons. The smallest absolute Gasteiger partial charge is 0.287 e. The second kappa shape index (κ2) is 9.27. The molecule has 1 aliphatic rings. The average molecular weight is 430 g/mol. The van der Waals surface area contributed by atoms with Crippen LogP contribution in [0.25, 0.3) is 0 Å². The molecule has 1 saturated heterocycles. The highest BCUT2D eigenvalue weighted by Gasteiger charge is 2.21. The number of ether oxygens (including phenoxy) is 1. The Bertz CT molecular complexity index is 690. The van der Waals surface area contributed by atoms with Gasteiger partial charge >= 0.3 is 0 Å². The van der Waals surface area contributed by atoms with Crippen LogP contribution in [0.3, 0.4) is 0 Å². The van der Waals surface area contributed by atoms with Crippen molar-refractivity contribution in [1.82, 2.24) is 10.6 Å². The van der Waals surface area contributed by atoms with Crippen LogP contribution in [0.4, 0.5) is 0 Å². The van der Waals surface area contributed by atoms with Gasteiger partial charge in [0.15, 0.2) is 5.76 Å². The fourth-order valence-electron chi connectivity index (χ4n) is 2.78. The van der Waals surface area contributed by atoms with Crippen LogP contribution in [-0.4, -0.2) is 24.5 Å². The van der Waals surface area contributed by atoms with Gasteiger partial charge < -0.3 is 19.8 Å². The van der Waals surface area contributed by atoms with E-state index in [4.69, 9.17) is 9.15 Å². The third-order valence-electron chi connectivity index (χ3n) is 4.04. The van der Waals surface area contributed by atoms with Gasteiger partial charge in [-0.2, -0.15) is 0 Å². The number of nitrogens with one attached hydrogen (secondary N) is 2. The predicted octanol–water partition coefficient (Wildman–Crippen LogP) is 3.91. The van der Waals surface area contributed by atoms with Gasteiger partial charge in [-0.05, 0) is 62.7 Å². The van der Waals surface area contributed by atoms with Gasteiger partial charge in [-0.15, -0.1) is 12.4 Å². The van der Waals surface area contributed by atoms with Gasteiger partial charge in [0.05, 0.1) is 0 Å². The van der Waals surface area contributed by atoms with Gasteiger partial charge in [-0.1, -0.05) is 15.9 Å². The van der Waals surface area contributed by atoms with E-state index in [0.717, 1.165) is 29.6 Å². The lowest BCUT2D eigenvalue weighted by atomic mass is 10.0. The molecular formula is C18H22BrClN2O3. The standard InChI is InChI=1S/C18H21BrN2O3.ClH/c1-12-10-14(8-9-20-12)21-18(22)17-7-6-16(24-17)11-23-15-4-2-13(19)3-5-15;/h2-7,12,14,20H,8-11H2,1H3,(H,21,22);1H. The number of rotatable bonds is 5. The van der Waals surface area contributed by atoms with E-state index in [1.165, 1.54) is 0 Å². The molecule has 2 heterocycles. The Morgan fingerprint density at radius 1 is 1.32 bits per heavy atom. The maximum absolute atomic E-state index is 12.3. The lowest BCUT2D eigenvalue weighted by Gasteiger charge is -2.28. The zero-order valence-electron chi connectivity index (χ0n) is 14.0. The maximum Gasteiger partial charge on any atom is 0.287 e. The van der Waals surface area contributed by atoms with Crippen molar-refractivity contribution >= 4 is 34.2 Å². The van der Waals surface area contributed by atoms with Gasteiger partial charge in [0.25, 0.3) is 5.91 Å². The molecule has 1 aromatic heterocycles. The first-order valence-electron chi connectivity index (χ1n) is 8.11. The Morgan fingerprint density at radius 3 is 2.80 bits per heavy atom. The Morgan fingerprint density at radius 2 is 2.08 bits per heavy atom. The lowest BCUT2D eigenvalue weighted by Crippen LogP contribution is -2.46. The molecule has 1 aliphatic heterocycles. The summed E-state index contributed by atoms with van der Waals surface area (Å²) in [5.74, 6) is 1.55. The largest absolute Gasteiger partial charge is 0.486 e. The Kier molecular flexibility index (Phi) is 7.35. The van der Waals surface area contributed by atoms with Crippen LogP contribution in [-0.2, 0) is 6.61 Å². The Hall–Kier alpha value is -1.50. The van der Waals surface area contributed by atoms with E-state index >= 15 is 0 Å². The second-order valence-electron chi connectivity index (χ2n) is 6.06. The summed E-state index contributed by atoms with van der Waals surface area (Å²) in [6.45, 7) is 3.35. The van der Waals surface area contributed by atoms with Crippen molar-refractivity contribution < 1.29 is 13.9 Å². The molecule has 7 heteroatoms. The quantitative estimate of drug-likeness (QED) is 0.756. The number of carbonyl (C=O) groups is 1. The number of benzene rings is 1. The van der Waals surface area contributed by atoms with Gasteiger partial charge in [0.1, 0.15) is 18.1 Å². The van der Waals surface area contributed by atoms with Crippen LogP contribution in [0.2, 0.25) is 0 Å². The fraction of sp³-hybridized carbons (Fsp3) is 0.389. The molecule has 2 atom stereocenters. The summed E-state index contributed by atoms with van der Waals surface area (Å²) in [4.78, 5) is 12.3. The first-order valence-corrected chi connectivity index (χ1v) is 8.91. The maximum atomic E-state index is 12.3. The van der Waals surface area contributed by atoms with Gasteiger partial charge in [0.2, 0.25) is 0 Å². The van der Waals surface area contributed by atoms with E-state index in [1.54, 1.807) is 12.1 Å². The first-order chi connectivity index (χ1) is 11.6. The summed E-state index contributed by atoms with van der Waals surface area (Å²) in [5, 5.41) is 6.41. The van der Waals surface area contributed by atoms with E-state index in [2.05, 4.69) is 33.5 Å². The zero-order chi connectivity index (χ0) is 16.9. The second-order valence-corrected chi connectivity index (χ2v) is 6.97. The van der Waals surface area contributed by atoms with Gasteiger partial charge in [0, 0.05) is 16.6 Å². The molecule has 0 radical (unpaired) electrons. The molecule has 3 rings (SSSR count). The summed E-state index contributed by atoms with van der Waals surface area (Å²) in [5.41, 5.74) is 0. The van der Waals surface area contributed by atoms with Crippen molar-refractivity contribution in [3.63, 3.8) is 0 Å². The molecular weight excluding hydrogens is 408 g/mol. The summed E-state index contributed by atoms with van der Waals surface area (Å²) in [7, 11) is 0. The highest BCUT2D eigenvalue weighted by atomic mass is 79.9. The van der Waals surface area contributed by atoms with Crippen LogP contribution >= 0.6 is 28.3 Å². The number of furan rings is 1. The summed E-state index contributed by atoms with van der Waals surface area (Å²) >= 11 is 3.38. The van der Waals surface area contributed by atoms with E-state index < -0.39 is 0 Å². The molecule has 0 bridgehead atoms. The molecule has 2 aromatic rings. The van der Waals surface area contributed by atoms with Crippen molar-refractivity contribution in [2.75, 3.05) is 6.54 Å². The number of hydrogen-bond donors (Lipinski definition) is 2. The Balaban J connectivity index is 0.00000225. The fourth-order valence-corrected chi connectivity index (χ4v) is 3.05. The SMILES string of the molecule is CC1CC(NC(=O)c2ccc(COc3ccc(Br)cc3)o2)CCN1.Cl. The van der Waals surface area contributed by atoms with Crippen LogP contribution in [0.5, 0.6) is 5.75 Å². The third kappa shape index (κ3) is 5.76. The van der Waals surface area contributed by atoms with Crippen molar-refractivity contribution in [2.45, 2.75) is 38.5 Å². The summed E-state index contributed by atoms with van der Waals surface area (Å²) in [6, 6.07) is 11.7. The van der Waals surface area contributed by atoms with Crippen LogP contribution in [0, 0.1) is 0 Å². The molecule has 0 aliphatic carbocycles. The topological polar surface area (TPSA) is 63.5 Å². The van der Waals surface area contributed by atoms with Crippen LogP contribution < -0.4 is 15.4 Å². The number of hydrogen-bond acceptors (Lipinski definition) is 4. The van der Waals surface area contributed by atoms with E-state index in [-0.39, 0.29) is 24.4 Å². The van der Waals surface area contributed by atoms with Crippen molar-refractivity contribution in [1.29, 1.82) is 0 Å². The van der Waals surface area contributed by atoms with Crippen LogP contribution in [0.1, 0.15) is 36.1 Å². The zero-order valence-corrected chi connectivity index (χ0v) is 16.4. The number of amides is 1. The number of piperidine rings is 1. The third-order valence-corrected chi connectivity index (χ3v) is 4.57. The first kappa shape index (κ1) is 19.8. The molecule has 1 aromatic carbocycles. The molecule has 1 fully saturated rings. The predicted molar refractivity (Wildman–Crippen MR) is 102 cm³/mol. The monoisotopic (exact) mass is 428 g/mol. The molecule has 25 heavy (non-hydrogen) atoms. The van der Waals surface area contributed by atoms with Crippen molar-refractivity contribution in [3.8, 4) is 5.75 Å². The minimum absolute atomic E-state index is 0. The molecule has 0 saturated carbocycles. The minimum atomic E-state index is -0.163. The average Bonchev–Trinajstić information content (AvgIpc) is 3.03. The van der Waals surface area contributed by atoms with Gasteiger partial charge in [-0.25, -0.2) is 0 Å². The Labute approximate surface area is 162 Å². The molecule has 5 nitrogen and oxygen atoms in total. The highest BCUT2D eigenvalue weighted by Crippen LogP contribution is 2.18. The summed E-state index contributed by atoms with van der Waals surface area (Å²) in [6.07, 6.45) is 1.88. The van der Waals surface area contributed by atoms with Crippen molar-refractivity contribution in [2.24, 2.45) is 0 Å². The van der Waals surface area contributed by atoms with E-state index in [0.29, 0.717) is 24.2 Å².